The van der Waals surface area contributed by atoms with Crippen molar-refractivity contribution in [3.05, 3.63) is 45.6 Å². The summed E-state index contributed by atoms with van der Waals surface area (Å²) in [7, 11) is 0. The summed E-state index contributed by atoms with van der Waals surface area (Å²) in [6, 6.07) is 8.97. The van der Waals surface area contributed by atoms with E-state index in [0.29, 0.717) is 0 Å². The van der Waals surface area contributed by atoms with Crippen LogP contribution in [0.5, 0.6) is 0 Å². The van der Waals surface area contributed by atoms with Gasteiger partial charge in [0.1, 0.15) is 12.2 Å². The van der Waals surface area contributed by atoms with Crippen molar-refractivity contribution in [2.24, 2.45) is 0 Å². The van der Waals surface area contributed by atoms with Crippen LogP contribution in [0.4, 0.5) is 0 Å². The highest BCUT2D eigenvalue weighted by Gasteiger charge is 2.12. The van der Waals surface area contributed by atoms with Crippen LogP contribution in [-0.2, 0) is 0 Å². The van der Waals surface area contributed by atoms with Crippen molar-refractivity contribution in [1.82, 2.24) is 20.5 Å². The summed E-state index contributed by atoms with van der Waals surface area (Å²) in [6.45, 7) is 4.22. The lowest BCUT2D eigenvalue weighted by Crippen LogP contribution is -2.23. The molecule has 0 saturated heterocycles. The predicted molar refractivity (Wildman–Crippen MR) is 75.5 cm³/mol. The van der Waals surface area contributed by atoms with Gasteiger partial charge in [-0.2, -0.15) is 5.10 Å². The van der Waals surface area contributed by atoms with Gasteiger partial charge in [0.2, 0.25) is 0 Å². The second-order valence-electron chi connectivity index (χ2n) is 4.03. The monoisotopic (exact) mass is 342 g/mol. The highest BCUT2D eigenvalue weighted by Crippen LogP contribution is 2.18. The van der Waals surface area contributed by atoms with Crippen LogP contribution < -0.4 is 5.32 Å². The SMILES string of the molecule is CC(NC(C)c1ncn[nH]1)c1ccc(I)cc1. The third-order valence-corrected chi connectivity index (χ3v) is 3.43. The fraction of sp³-hybridized carbons (Fsp3) is 0.333. The Bertz CT molecular complexity index is 452. The molecule has 0 amide bonds. The summed E-state index contributed by atoms with van der Waals surface area (Å²) in [5, 5.41) is 10.2. The molecule has 0 radical (unpaired) electrons. The maximum atomic E-state index is 4.15. The molecule has 2 unspecified atom stereocenters. The van der Waals surface area contributed by atoms with Crippen LogP contribution in [-0.4, -0.2) is 15.2 Å². The van der Waals surface area contributed by atoms with Gasteiger partial charge in [0.05, 0.1) is 6.04 Å². The largest absolute Gasteiger partial charge is 0.301 e. The van der Waals surface area contributed by atoms with Crippen molar-refractivity contribution in [1.29, 1.82) is 0 Å². The molecule has 2 rings (SSSR count). The quantitative estimate of drug-likeness (QED) is 0.841. The smallest absolute Gasteiger partial charge is 0.141 e. The van der Waals surface area contributed by atoms with E-state index < -0.39 is 0 Å². The second kappa shape index (κ2) is 5.59. The van der Waals surface area contributed by atoms with Gasteiger partial charge in [-0.15, -0.1) is 0 Å². The van der Waals surface area contributed by atoms with E-state index in [1.807, 2.05) is 0 Å². The zero-order chi connectivity index (χ0) is 12.3. The molecule has 0 aliphatic rings. The molecule has 0 bridgehead atoms. The number of hydrogen-bond acceptors (Lipinski definition) is 3. The number of nitrogens with one attached hydrogen (secondary N) is 2. The molecule has 0 fully saturated rings. The molecule has 1 aromatic heterocycles. The Balaban J connectivity index is 2.01. The Hall–Kier alpha value is -0.950. The fourth-order valence-corrected chi connectivity index (χ4v) is 2.08. The summed E-state index contributed by atoms with van der Waals surface area (Å²) in [5.41, 5.74) is 1.27. The first-order valence-electron chi connectivity index (χ1n) is 5.53. The van der Waals surface area contributed by atoms with Crippen molar-refractivity contribution in [3.63, 3.8) is 0 Å². The summed E-state index contributed by atoms with van der Waals surface area (Å²) in [4.78, 5) is 4.15. The number of halogens is 1. The van der Waals surface area contributed by atoms with Crippen LogP contribution in [0.3, 0.4) is 0 Å². The van der Waals surface area contributed by atoms with Crippen LogP contribution in [0, 0.1) is 3.57 Å². The Morgan fingerprint density at radius 2 is 1.88 bits per heavy atom. The molecule has 90 valence electrons. The van der Waals surface area contributed by atoms with E-state index in [9.17, 15) is 0 Å². The van der Waals surface area contributed by atoms with Crippen molar-refractivity contribution >= 4 is 22.6 Å². The predicted octanol–water partition coefficient (Wildman–Crippen LogP) is 2.82. The third-order valence-electron chi connectivity index (χ3n) is 2.71. The van der Waals surface area contributed by atoms with E-state index in [4.69, 9.17) is 0 Å². The maximum absolute atomic E-state index is 4.15. The van der Waals surface area contributed by atoms with Gasteiger partial charge in [-0.25, -0.2) is 4.98 Å². The van der Waals surface area contributed by atoms with Gasteiger partial charge in [0.15, 0.2) is 0 Å². The number of aromatic nitrogens is 3. The van der Waals surface area contributed by atoms with Crippen LogP contribution in [0.15, 0.2) is 30.6 Å². The first kappa shape index (κ1) is 12.5. The molecule has 0 spiro atoms. The van der Waals surface area contributed by atoms with Gasteiger partial charge in [-0.1, -0.05) is 12.1 Å². The van der Waals surface area contributed by atoms with Crippen molar-refractivity contribution in [3.8, 4) is 0 Å². The number of rotatable bonds is 4. The van der Waals surface area contributed by atoms with Crippen LogP contribution in [0.2, 0.25) is 0 Å². The highest BCUT2D eigenvalue weighted by molar-refractivity contribution is 14.1. The maximum Gasteiger partial charge on any atom is 0.141 e. The van der Waals surface area contributed by atoms with E-state index in [1.165, 1.54) is 15.5 Å². The first-order valence-corrected chi connectivity index (χ1v) is 6.61. The molecule has 0 aliphatic carbocycles. The van der Waals surface area contributed by atoms with Crippen molar-refractivity contribution in [2.45, 2.75) is 25.9 Å². The fourth-order valence-electron chi connectivity index (χ4n) is 1.73. The van der Waals surface area contributed by atoms with E-state index in [-0.39, 0.29) is 12.1 Å². The number of benzene rings is 1. The highest BCUT2D eigenvalue weighted by atomic mass is 127. The van der Waals surface area contributed by atoms with Gasteiger partial charge in [-0.3, -0.25) is 5.10 Å². The first-order chi connectivity index (χ1) is 8.16. The lowest BCUT2D eigenvalue weighted by molar-refractivity contribution is 0.477. The molecule has 17 heavy (non-hydrogen) atoms. The summed E-state index contributed by atoms with van der Waals surface area (Å²) in [6.07, 6.45) is 1.53. The molecule has 5 heteroatoms. The van der Waals surface area contributed by atoms with Gasteiger partial charge in [-0.05, 0) is 54.1 Å². The van der Waals surface area contributed by atoms with E-state index >= 15 is 0 Å². The summed E-state index contributed by atoms with van der Waals surface area (Å²) < 4.78 is 1.25. The Morgan fingerprint density at radius 1 is 1.18 bits per heavy atom. The summed E-state index contributed by atoms with van der Waals surface area (Å²) in [5.74, 6) is 0.863. The number of nitrogens with zero attached hydrogens (tertiary/aromatic N) is 2. The van der Waals surface area contributed by atoms with Gasteiger partial charge >= 0.3 is 0 Å². The van der Waals surface area contributed by atoms with Gasteiger partial charge in [0, 0.05) is 9.61 Å². The topological polar surface area (TPSA) is 53.6 Å². The zero-order valence-electron chi connectivity index (χ0n) is 9.81. The van der Waals surface area contributed by atoms with Crippen LogP contribution >= 0.6 is 22.6 Å². The molecule has 2 aromatic rings. The molecule has 1 heterocycles. The molecular weight excluding hydrogens is 327 g/mol. The molecule has 4 nitrogen and oxygen atoms in total. The van der Waals surface area contributed by atoms with Crippen LogP contribution in [0.25, 0.3) is 0 Å². The molecule has 2 N–H and O–H groups in total. The Morgan fingerprint density at radius 3 is 2.47 bits per heavy atom. The minimum Gasteiger partial charge on any atom is -0.301 e. The molecule has 1 aromatic carbocycles. The molecular formula is C12H15IN4. The van der Waals surface area contributed by atoms with E-state index in [2.05, 4.69) is 81.2 Å². The van der Waals surface area contributed by atoms with Gasteiger partial charge in [0.25, 0.3) is 0 Å². The number of hydrogen-bond donors (Lipinski definition) is 2. The minimum atomic E-state index is 0.159. The minimum absolute atomic E-state index is 0.159. The number of aromatic amines is 1. The Labute approximate surface area is 114 Å². The number of H-pyrrole nitrogens is 1. The average molecular weight is 342 g/mol. The van der Waals surface area contributed by atoms with Crippen molar-refractivity contribution in [2.75, 3.05) is 0 Å². The van der Waals surface area contributed by atoms with Gasteiger partial charge < -0.3 is 5.32 Å². The Kier molecular flexibility index (Phi) is 4.11. The zero-order valence-corrected chi connectivity index (χ0v) is 12.0. The van der Waals surface area contributed by atoms with Crippen molar-refractivity contribution < 1.29 is 0 Å². The van der Waals surface area contributed by atoms with Crippen LogP contribution in [0.1, 0.15) is 37.3 Å². The summed E-state index contributed by atoms with van der Waals surface area (Å²) >= 11 is 2.31. The lowest BCUT2D eigenvalue weighted by atomic mass is 10.1. The normalized spacial score (nSPS) is 14.5. The second-order valence-corrected chi connectivity index (χ2v) is 5.28. The average Bonchev–Trinajstić information content (AvgIpc) is 2.83. The standard InChI is InChI=1S/C12H15IN4/c1-8(10-3-5-11(13)6-4-10)16-9(2)12-14-7-15-17-12/h3-9,16H,1-2H3,(H,14,15,17). The van der Waals surface area contributed by atoms with E-state index in [1.54, 1.807) is 0 Å². The van der Waals surface area contributed by atoms with E-state index in [0.717, 1.165) is 5.82 Å². The molecule has 2 atom stereocenters. The molecule has 0 saturated carbocycles. The lowest BCUT2D eigenvalue weighted by Gasteiger charge is -2.18. The third kappa shape index (κ3) is 3.26. The molecule has 0 aliphatic heterocycles.